The number of piperidine rings is 1. The third-order valence-corrected chi connectivity index (χ3v) is 6.83. The summed E-state index contributed by atoms with van der Waals surface area (Å²) in [7, 11) is 0. The summed E-state index contributed by atoms with van der Waals surface area (Å²) in [6, 6.07) is 22.8. The van der Waals surface area contributed by atoms with E-state index in [-0.39, 0.29) is 17.9 Å². The van der Waals surface area contributed by atoms with Crippen LogP contribution in [0.4, 0.5) is 13.2 Å². The molecule has 1 amide bonds. The molecule has 0 aromatic heterocycles. The van der Waals surface area contributed by atoms with Crippen LogP contribution < -0.4 is 4.74 Å². The Labute approximate surface area is 217 Å². The Balaban J connectivity index is 1.46. The molecule has 3 aromatic carbocycles. The number of carbonyl (C=O) groups excluding carboxylic acids is 1. The van der Waals surface area contributed by atoms with E-state index in [1.807, 2.05) is 47.4 Å². The van der Waals surface area contributed by atoms with Crippen molar-refractivity contribution in [1.82, 2.24) is 4.90 Å². The van der Waals surface area contributed by atoms with Crippen molar-refractivity contribution in [3.63, 3.8) is 0 Å². The number of hydrogen-bond acceptors (Lipinski definition) is 2. The topological polar surface area (TPSA) is 29.5 Å². The molecule has 37 heavy (non-hydrogen) atoms. The van der Waals surface area contributed by atoms with E-state index in [0.29, 0.717) is 31.2 Å². The second-order valence-corrected chi connectivity index (χ2v) is 10.3. The molecule has 196 valence electrons. The van der Waals surface area contributed by atoms with Crippen LogP contribution in [0.25, 0.3) is 0 Å². The Hall–Kier alpha value is -3.28. The van der Waals surface area contributed by atoms with Crippen LogP contribution in [0.15, 0.2) is 78.9 Å². The van der Waals surface area contributed by atoms with Gasteiger partial charge in [0, 0.05) is 19.0 Å². The van der Waals surface area contributed by atoms with Gasteiger partial charge in [-0.3, -0.25) is 4.79 Å². The van der Waals surface area contributed by atoms with Gasteiger partial charge in [-0.15, -0.1) is 0 Å². The zero-order valence-electron chi connectivity index (χ0n) is 21.4. The minimum Gasteiger partial charge on any atom is -0.485 e. The molecule has 1 aliphatic rings. The van der Waals surface area contributed by atoms with Gasteiger partial charge in [0.15, 0.2) is 0 Å². The molecule has 0 spiro atoms. The van der Waals surface area contributed by atoms with Gasteiger partial charge in [-0.05, 0) is 66.1 Å². The first kappa shape index (κ1) is 26.8. The summed E-state index contributed by atoms with van der Waals surface area (Å²) >= 11 is 0. The molecule has 2 atom stereocenters. The Kier molecular flexibility index (Phi) is 8.57. The molecular weight excluding hydrogens is 475 g/mol. The zero-order chi connectivity index (χ0) is 26.4. The van der Waals surface area contributed by atoms with Crippen LogP contribution in [0.1, 0.15) is 55.0 Å². The average molecular weight is 510 g/mol. The molecule has 3 aromatic rings. The lowest BCUT2D eigenvalue weighted by Gasteiger charge is -2.37. The number of halogens is 3. The van der Waals surface area contributed by atoms with Crippen molar-refractivity contribution in [2.24, 2.45) is 11.8 Å². The van der Waals surface area contributed by atoms with E-state index in [9.17, 15) is 18.0 Å². The molecule has 0 saturated carbocycles. The SMILES string of the molecule is CC(C)Cc1ccc(CC(=O)N2CCC[C@H]([C@H](Oc3ccc(C(F)(F)F)cc3)c3ccccc3)C2)cc1. The van der Waals surface area contributed by atoms with Crippen molar-refractivity contribution in [3.8, 4) is 5.75 Å². The maximum absolute atomic E-state index is 13.2. The number of carbonyl (C=O) groups is 1. The van der Waals surface area contributed by atoms with E-state index in [1.54, 1.807) is 0 Å². The molecule has 1 heterocycles. The van der Waals surface area contributed by atoms with Crippen LogP contribution in [-0.4, -0.2) is 23.9 Å². The van der Waals surface area contributed by atoms with Crippen LogP contribution in [0, 0.1) is 11.8 Å². The van der Waals surface area contributed by atoms with Crippen LogP contribution in [0.3, 0.4) is 0 Å². The van der Waals surface area contributed by atoms with Crippen molar-refractivity contribution >= 4 is 5.91 Å². The van der Waals surface area contributed by atoms with Crippen LogP contribution in [0.2, 0.25) is 0 Å². The largest absolute Gasteiger partial charge is 0.485 e. The van der Waals surface area contributed by atoms with Crippen molar-refractivity contribution < 1.29 is 22.7 Å². The fourth-order valence-electron chi connectivity index (χ4n) is 4.98. The third kappa shape index (κ3) is 7.37. The van der Waals surface area contributed by atoms with E-state index in [0.717, 1.165) is 42.5 Å². The third-order valence-electron chi connectivity index (χ3n) is 6.83. The van der Waals surface area contributed by atoms with Crippen molar-refractivity contribution in [3.05, 3.63) is 101 Å². The minimum atomic E-state index is -4.39. The van der Waals surface area contributed by atoms with Gasteiger partial charge in [0.25, 0.3) is 0 Å². The Morgan fingerprint density at radius 3 is 2.22 bits per heavy atom. The first-order chi connectivity index (χ1) is 17.7. The Bertz CT molecular complexity index is 1140. The number of nitrogens with zero attached hydrogens (tertiary/aromatic N) is 1. The first-order valence-corrected chi connectivity index (χ1v) is 12.9. The number of rotatable bonds is 8. The lowest BCUT2D eigenvalue weighted by Crippen LogP contribution is -2.43. The molecule has 0 N–H and O–H groups in total. The van der Waals surface area contributed by atoms with Crippen LogP contribution in [-0.2, 0) is 23.8 Å². The number of ether oxygens (including phenoxy) is 1. The zero-order valence-corrected chi connectivity index (χ0v) is 21.4. The fraction of sp³-hybridized carbons (Fsp3) is 0.387. The second kappa shape index (κ2) is 11.8. The first-order valence-electron chi connectivity index (χ1n) is 12.9. The standard InChI is InChI=1S/C31H34F3NO2/c1-22(2)19-23-10-12-24(13-11-23)20-29(36)35-18-6-9-26(21-35)30(25-7-4-3-5-8-25)37-28-16-14-27(15-17-28)31(32,33)34/h3-5,7-8,10-17,22,26,30H,6,9,18-21H2,1-2H3/t26-,30+/m0/s1. The molecule has 1 fully saturated rings. The summed E-state index contributed by atoms with van der Waals surface area (Å²) in [6.45, 7) is 5.62. The lowest BCUT2D eigenvalue weighted by atomic mass is 9.88. The van der Waals surface area contributed by atoms with Gasteiger partial charge in [-0.1, -0.05) is 68.4 Å². The normalized spacial score (nSPS) is 17.0. The van der Waals surface area contributed by atoms with Crippen molar-refractivity contribution in [2.45, 2.75) is 51.8 Å². The van der Waals surface area contributed by atoms with E-state index >= 15 is 0 Å². The number of alkyl halides is 3. The van der Waals surface area contributed by atoms with Gasteiger partial charge < -0.3 is 9.64 Å². The summed E-state index contributed by atoms with van der Waals surface area (Å²) in [4.78, 5) is 15.1. The van der Waals surface area contributed by atoms with Crippen LogP contribution in [0.5, 0.6) is 5.75 Å². The molecule has 0 unspecified atom stereocenters. The predicted molar refractivity (Wildman–Crippen MR) is 139 cm³/mol. The monoisotopic (exact) mass is 509 g/mol. The number of benzene rings is 3. The lowest BCUT2D eigenvalue weighted by molar-refractivity contribution is -0.137. The molecule has 6 heteroatoms. The van der Waals surface area contributed by atoms with Gasteiger partial charge in [-0.25, -0.2) is 0 Å². The molecule has 0 bridgehead atoms. The molecule has 4 rings (SSSR count). The maximum Gasteiger partial charge on any atom is 0.416 e. The predicted octanol–water partition coefficient (Wildman–Crippen LogP) is 7.51. The maximum atomic E-state index is 13.2. The van der Waals surface area contributed by atoms with E-state index in [1.165, 1.54) is 17.7 Å². The van der Waals surface area contributed by atoms with E-state index in [4.69, 9.17) is 4.74 Å². The average Bonchev–Trinajstić information content (AvgIpc) is 2.88. The van der Waals surface area contributed by atoms with E-state index in [2.05, 4.69) is 26.0 Å². The molecule has 3 nitrogen and oxygen atoms in total. The molecule has 1 saturated heterocycles. The summed E-state index contributed by atoms with van der Waals surface area (Å²) in [5, 5.41) is 0. The molecular formula is C31H34F3NO2. The highest BCUT2D eigenvalue weighted by atomic mass is 19.4. The molecule has 0 radical (unpaired) electrons. The van der Waals surface area contributed by atoms with Gasteiger partial charge >= 0.3 is 6.18 Å². The summed E-state index contributed by atoms with van der Waals surface area (Å²) in [5.41, 5.74) is 2.51. The number of hydrogen-bond donors (Lipinski definition) is 0. The number of amides is 1. The van der Waals surface area contributed by atoms with E-state index < -0.39 is 11.7 Å². The fourth-order valence-corrected chi connectivity index (χ4v) is 4.98. The second-order valence-electron chi connectivity index (χ2n) is 10.3. The quantitative estimate of drug-likeness (QED) is 0.315. The highest BCUT2D eigenvalue weighted by molar-refractivity contribution is 5.78. The smallest absolute Gasteiger partial charge is 0.416 e. The van der Waals surface area contributed by atoms with Gasteiger partial charge in [0.1, 0.15) is 11.9 Å². The summed E-state index contributed by atoms with van der Waals surface area (Å²) in [6.07, 6.45) is -1.68. The van der Waals surface area contributed by atoms with Gasteiger partial charge in [-0.2, -0.15) is 13.2 Å². The van der Waals surface area contributed by atoms with Gasteiger partial charge in [0.2, 0.25) is 5.91 Å². The van der Waals surface area contributed by atoms with Crippen LogP contribution >= 0.6 is 0 Å². The Morgan fingerprint density at radius 2 is 1.59 bits per heavy atom. The van der Waals surface area contributed by atoms with Crippen molar-refractivity contribution in [2.75, 3.05) is 13.1 Å². The minimum absolute atomic E-state index is 0.0239. The highest BCUT2D eigenvalue weighted by Gasteiger charge is 2.33. The molecule has 1 aliphatic heterocycles. The van der Waals surface area contributed by atoms with Gasteiger partial charge in [0.05, 0.1) is 12.0 Å². The summed E-state index contributed by atoms with van der Waals surface area (Å²) < 4.78 is 45.3. The Morgan fingerprint density at radius 1 is 0.946 bits per heavy atom. The highest BCUT2D eigenvalue weighted by Crippen LogP contribution is 2.36. The summed E-state index contributed by atoms with van der Waals surface area (Å²) in [5.74, 6) is 1.07. The number of likely N-dealkylation sites (tertiary alicyclic amines) is 1. The van der Waals surface area contributed by atoms with Crippen molar-refractivity contribution in [1.29, 1.82) is 0 Å². The molecule has 0 aliphatic carbocycles.